The summed E-state index contributed by atoms with van der Waals surface area (Å²) in [6.07, 6.45) is -2.38. The molecule has 0 N–H and O–H groups in total. The van der Waals surface area contributed by atoms with Crippen molar-refractivity contribution in [3.05, 3.63) is 0 Å². The molecule has 0 saturated heterocycles. The standard InChI is InChI=1S/C12H18O8S4/c13-9(3-21)17-1-7(19-11(15)5-23)8(20-12(16)6-24)2-18-10(14)4-22/h7-8,21-24H,1-6H2/t7-,8+. The van der Waals surface area contributed by atoms with E-state index < -0.39 is 49.3 Å². The van der Waals surface area contributed by atoms with E-state index in [0.29, 0.717) is 0 Å². The highest BCUT2D eigenvalue weighted by molar-refractivity contribution is 7.81. The Morgan fingerprint density at radius 2 is 0.875 bits per heavy atom. The lowest BCUT2D eigenvalue weighted by Gasteiger charge is -2.26. The number of esters is 4. The molecule has 0 radical (unpaired) electrons. The van der Waals surface area contributed by atoms with Gasteiger partial charge >= 0.3 is 23.9 Å². The van der Waals surface area contributed by atoms with Crippen molar-refractivity contribution in [1.82, 2.24) is 0 Å². The number of carbonyl (C=O) groups excluding carboxylic acids is 4. The van der Waals surface area contributed by atoms with Gasteiger partial charge in [0.05, 0.1) is 23.0 Å². The van der Waals surface area contributed by atoms with Crippen molar-refractivity contribution in [2.45, 2.75) is 12.2 Å². The highest BCUT2D eigenvalue weighted by atomic mass is 32.1. The molecule has 24 heavy (non-hydrogen) atoms. The molecule has 0 fully saturated rings. The Balaban J connectivity index is 5.09. The zero-order valence-corrected chi connectivity index (χ0v) is 16.0. The summed E-state index contributed by atoms with van der Waals surface area (Å²) in [6, 6.07) is 0. The van der Waals surface area contributed by atoms with Crippen molar-refractivity contribution in [2.75, 3.05) is 36.2 Å². The van der Waals surface area contributed by atoms with Gasteiger partial charge in [-0.15, -0.1) is 0 Å². The van der Waals surface area contributed by atoms with Crippen molar-refractivity contribution in [2.24, 2.45) is 0 Å². The van der Waals surface area contributed by atoms with Gasteiger partial charge in [0, 0.05) is 0 Å². The van der Waals surface area contributed by atoms with Crippen LogP contribution in [0.5, 0.6) is 0 Å². The van der Waals surface area contributed by atoms with Gasteiger partial charge in [0.15, 0.2) is 12.2 Å². The number of rotatable bonds is 11. The molecule has 0 spiro atoms. The Labute approximate surface area is 160 Å². The van der Waals surface area contributed by atoms with Crippen LogP contribution in [0.4, 0.5) is 0 Å². The highest BCUT2D eigenvalue weighted by Crippen LogP contribution is 2.10. The second-order valence-electron chi connectivity index (χ2n) is 4.06. The molecule has 0 saturated carbocycles. The van der Waals surface area contributed by atoms with Gasteiger partial charge in [-0.2, -0.15) is 50.5 Å². The molecular formula is C12H18O8S4. The van der Waals surface area contributed by atoms with E-state index in [9.17, 15) is 19.2 Å². The van der Waals surface area contributed by atoms with Crippen molar-refractivity contribution < 1.29 is 38.1 Å². The normalized spacial score (nSPS) is 12.7. The molecule has 0 heterocycles. The fourth-order valence-electron chi connectivity index (χ4n) is 1.29. The van der Waals surface area contributed by atoms with Gasteiger partial charge in [0.25, 0.3) is 0 Å². The SMILES string of the molecule is O=C(CS)OC[C@H](OC(=O)CS)[C@@H](COC(=O)CS)OC(=O)CS. The first-order valence-corrected chi connectivity index (χ1v) is 9.04. The summed E-state index contributed by atoms with van der Waals surface area (Å²) < 4.78 is 19.8. The lowest BCUT2D eigenvalue weighted by molar-refractivity contribution is -0.179. The van der Waals surface area contributed by atoms with E-state index in [1.54, 1.807) is 0 Å². The largest absolute Gasteiger partial charge is 0.461 e. The van der Waals surface area contributed by atoms with E-state index in [1.807, 2.05) is 0 Å². The summed E-state index contributed by atoms with van der Waals surface area (Å²) in [6.45, 7) is -0.830. The minimum atomic E-state index is -1.19. The third kappa shape index (κ3) is 10.2. The van der Waals surface area contributed by atoms with E-state index in [4.69, 9.17) is 18.9 Å². The Morgan fingerprint density at radius 3 is 1.12 bits per heavy atom. The number of thiol groups is 4. The minimum Gasteiger partial charge on any atom is -0.461 e. The molecule has 0 unspecified atom stereocenters. The number of carbonyl (C=O) groups is 4. The van der Waals surface area contributed by atoms with Crippen LogP contribution in [0, 0.1) is 0 Å². The van der Waals surface area contributed by atoms with Gasteiger partial charge in [-0.3, -0.25) is 19.2 Å². The maximum atomic E-state index is 11.5. The zero-order chi connectivity index (χ0) is 18.5. The summed E-state index contributed by atoms with van der Waals surface area (Å²) >= 11 is 15.0. The van der Waals surface area contributed by atoms with Crippen molar-refractivity contribution >= 4 is 74.4 Å². The van der Waals surface area contributed by atoms with Gasteiger partial charge in [-0.05, 0) is 0 Å². The van der Waals surface area contributed by atoms with Crippen LogP contribution < -0.4 is 0 Å². The van der Waals surface area contributed by atoms with Crippen LogP contribution in [-0.2, 0) is 38.1 Å². The maximum Gasteiger partial charge on any atom is 0.316 e. The third-order valence-corrected chi connectivity index (χ3v) is 3.35. The predicted octanol–water partition coefficient (Wildman–Crippen LogP) is -0.384. The highest BCUT2D eigenvalue weighted by Gasteiger charge is 2.31. The molecule has 138 valence electrons. The van der Waals surface area contributed by atoms with Crippen molar-refractivity contribution in [3.63, 3.8) is 0 Å². The minimum absolute atomic E-state index is 0.192. The molecule has 2 atom stereocenters. The van der Waals surface area contributed by atoms with Gasteiger partial charge in [-0.1, -0.05) is 0 Å². The molecule has 0 rings (SSSR count). The molecule has 12 heteroatoms. The quantitative estimate of drug-likeness (QED) is 0.204. The second kappa shape index (κ2) is 13.6. The molecule has 0 aliphatic heterocycles. The Morgan fingerprint density at radius 1 is 0.583 bits per heavy atom. The summed E-state index contributed by atoms with van der Waals surface area (Å²) in [5.41, 5.74) is 0. The van der Waals surface area contributed by atoms with Gasteiger partial charge in [0.2, 0.25) is 0 Å². The first-order chi connectivity index (χ1) is 11.4. The predicted molar refractivity (Wildman–Crippen MR) is 97.1 cm³/mol. The monoisotopic (exact) mass is 418 g/mol. The van der Waals surface area contributed by atoms with Crippen LogP contribution in [0.2, 0.25) is 0 Å². The molecule has 8 nitrogen and oxygen atoms in total. The van der Waals surface area contributed by atoms with Crippen LogP contribution in [0.15, 0.2) is 0 Å². The average Bonchev–Trinajstić information content (AvgIpc) is 2.60. The van der Waals surface area contributed by atoms with Gasteiger partial charge in [0.1, 0.15) is 13.2 Å². The summed E-state index contributed by atoms with van der Waals surface area (Å²) in [5, 5.41) is 0. The Kier molecular flexibility index (Phi) is 13.2. The van der Waals surface area contributed by atoms with Gasteiger partial charge in [-0.25, -0.2) is 0 Å². The molecule has 0 bridgehead atoms. The Hall–Kier alpha value is -0.720. The summed E-state index contributed by atoms with van der Waals surface area (Å²) in [7, 11) is 0. The molecule has 0 aliphatic rings. The first kappa shape index (κ1) is 23.3. The van der Waals surface area contributed by atoms with Crippen molar-refractivity contribution in [1.29, 1.82) is 0 Å². The number of ether oxygens (including phenoxy) is 4. The van der Waals surface area contributed by atoms with E-state index in [1.165, 1.54) is 0 Å². The zero-order valence-electron chi connectivity index (χ0n) is 12.5. The van der Waals surface area contributed by atoms with E-state index in [-0.39, 0.29) is 23.0 Å². The lowest BCUT2D eigenvalue weighted by Crippen LogP contribution is -2.43. The van der Waals surface area contributed by atoms with E-state index in [0.717, 1.165) is 0 Å². The molecular weight excluding hydrogens is 400 g/mol. The number of hydrogen-bond donors (Lipinski definition) is 4. The topological polar surface area (TPSA) is 105 Å². The van der Waals surface area contributed by atoms with E-state index >= 15 is 0 Å². The molecule has 0 aromatic heterocycles. The van der Waals surface area contributed by atoms with Crippen LogP contribution in [0.1, 0.15) is 0 Å². The number of hydrogen-bond acceptors (Lipinski definition) is 12. The van der Waals surface area contributed by atoms with E-state index in [2.05, 4.69) is 50.5 Å². The third-order valence-electron chi connectivity index (χ3n) is 2.31. The average molecular weight is 419 g/mol. The molecule has 0 aliphatic carbocycles. The first-order valence-electron chi connectivity index (χ1n) is 6.51. The molecule has 0 amide bonds. The van der Waals surface area contributed by atoms with Crippen LogP contribution in [0.25, 0.3) is 0 Å². The summed E-state index contributed by atoms with van der Waals surface area (Å²) in [4.78, 5) is 45.4. The smallest absolute Gasteiger partial charge is 0.316 e. The lowest BCUT2D eigenvalue weighted by atomic mass is 10.2. The van der Waals surface area contributed by atoms with Crippen LogP contribution in [0.3, 0.4) is 0 Å². The summed E-state index contributed by atoms with van der Waals surface area (Å²) in [5.74, 6) is -3.70. The van der Waals surface area contributed by atoms with Crippen LogP contribution >= 0.6 is 50.5 Å². The maximum absolute atomic E-state index is 11.5. The second-order valence-corrected chi connectivity index (χ2v) is 5.32. The van der Waals surface area contributed by atoms with Crippen molar-refractivity contribution in [3.8, 4) is 0 Å². The fourth-order valence-corrected chi connectivity index (χ4v) is 1.62. The molecule has 0 aromatic rings. The van der Waals surface area contributed by atoms with Gasteiger partial charge < -0.3 is 18.9 Å². The Bertz CT molecular complexity index is 405. The molecule has 0 aromatic carbocycles. The fraction of sp³-hybridized carbons (Fsp3) is 0.667. The van der Waals surface area contributed by atoms with Crippen LogP contribution in [-0.4, -0.2) is 72.3 Å².